The molecule has 6 nitrogen and oxygen atoms in total. The summed E-state index contributed by atoms with van der Waals surface area (Å²) in [7, 11) is 0. The third kappa shape index (κ3) is 4.35. The molecule has 31 heavy (non-hydrogen) atoms. The number of nitrogens with zero attached hydrogens (tertiary/aromatic N) is 2. The fourth-order valence-corrected chi connectivity index (χ4v) is 3.14. The second-order valence-corrected chi connectivity index (χ2v) is 6.91. The van der Waals surface area contributed by atoms with Gasteiger partial charge in [0.15, 0.2) is 0 Å². The van der Waals surface area contributed by atoms with Crippen molar-refractivity contribution in [1.29, 1.82) is 0 Å². The van der Waals surface area contributed by atoms with E-state index in [9.17, 15) is 14.0 Å². The van der Waals surface area contributed by atoms with Gasteiger partial charge in [0, 0.05) is 5.69 Å². The van der Waals surface area contributed by atoms with Crippen molar-refractivity contribution in [3.05, 3.63) is 108 Å². The summed E-state index contributed by atoms with van der Waals surface area (Å²) in [5.41, 5.74) is 2.26. The van der Waals surface area contributed by atoms with Crippen LogP contribution >= 0.6 is 0 Å². The largest absolute Gasteiger partial charge is 0.322 e. The minimum atomic E-state index is -0.680. The Morgan fingerprint density at radius 3 is 2.29 bits per heavy atom. The number of rotatable bonds is 5. The minimum absolute atomic E-state index is 0.131. The lowest BCUT2D eigenvalue weighted by Crippen LogP contribution is -2.20. The van der Waals surface area contributed by atoms with Gasteiger partial charge in [0.25, 0.3) is 11.8 Å². The van der Waals surface area contributed by atoms with Crippen molar-refractivity contribution in [2.45, 2.75) is 6.92 Å². The summed E-state index contributed by atoms with van der Waals surface area (Å²) in [6, 6.07) is 22.0. The Kier molecular flexibility index (Phi) is 5.57. The van der Waals surface area contributed by atoms with Crippen LogP contribution in [0.5, 0.6) is 0 Å². The molecule has 4 aromatic rings. The number of para-hydroxylation sites is 1. The predicted octanol–water partition coefficient (Wildman–Crippen LogP) is 4.82. The summed E-state index contributed by atoms with van der Waals surface area (Å²) in [6.07, 6.45) is 1.37. The molecule has 0 atom stereocenters. The third-order valence-electron chi connectivity index (χ3n) is 4.64. The summed E-state index contributed by atoms with van der Waals surface area (Å²) >= 11 is 0. The van der Waals surface area contributed by atoms with E-state index in [1.165, 1.54) is 29.1 Å². The summed E-state index contributed by atoms with van der Waals surface area (Å²) in [5, 5.41) is 9.75. The fraction of sp³-hybridized carbons (Fsp3) is 0.0417. The molecule has 2 N–H and O–H groups in total. The van der Waals surface area contributed by atoms with E-state index < -0.39 is 17.6 Å². The van der Waals surface area contributed by atoms with E-state index in [1.807, 2.05) is 43.3 Å². The molecule has 0 aliphatic heterocycles. The number of aryl methyl sites for hydroxylation is 1. The maximum atomic E-state index is 14.1. The number of carbonyl (C=O) groups excluding carboxylic acids is 2. The van der Waals surface area contributed by atoms with Crippen LogP contribution < -0.4 is 10.6 Å². The third-order valence-corrected chi connectivity index (χ3v) is 4.64. The molecular formula is C24H19FN4O2. The molecule has 0 radical (unpaired) electrons. The zero-order valence-electron chi connectivity index (χ0n) is 16.7. The van der Waals surface area contributed by atoms with Gasteiger partial charge in [-0.1, -0.05) is 42.5 Å². The van der Waals surface area contributed by atoms with E-state index in [-0.39, 0.29) is 16.9 Å². The van der Waals surface area contributed by atoms with Crippen molar-refractivity contribution < 1.29 is 14.0 Å². The van der Waals surface area contributed by atoms with Crippen LogP contribution in [0, 0.1) is 12.7 Å². The Bertz CT molecular complexity index is 1250. The van der Waals surface area contributed by atoms with Crippen LogP contribution in [-0.4, -0.2) is 21.6 Å². The van der Waals surface area contributed by atoms with Crippen LogP contribution in [0.15, 0.2) is 85.1 Å². The van der Waals surface area contributed by atoms with Crippen molar-refractivity contribution in [3.8, 4) is 5.69 Å². The smallest absolute Gasteiger partial charge is 0.261 e. The lowest BCUT2D eigenvalue weighted by Gasteiger charge is -2.12. The average molecular weight is 414 g/mol. The van der Waals surface area contributed by atoms with E-state index in [0.717, 1.165) is 5.56 Å². The number of anilines is 2. The lowest BCUT2D eigenvalue weighted by atomic mass is 10.2. The molecule has 2 amide bonds. The van der Waals surface area contributed by atoms with Gasteiger partial charge in [-0.05, 0) is 48.9 Å². The van der Waals surface area contributed by atoms with Gasteiger partial charge in [0.2, 0.25) is 0 Å². The molecule has 0 spiro atoms. The number of carbonyl (C=O) groups is 2. The Hall–Kier alpha value is -4.26. The Labute approximate surface area is 178 Å². The first kappa shape index (κ1) is 20.0. The molecule has 7 heteroatoms. The molecule has 0 saturated heterocycles. The molecule has 0 aliphatic carbocycles. The number of hydrogen-bond acceptors (Lipinski definition) is 3. The van der Waals surface area contributed by atoms with Gasteiger partial charge >= 0.3 is 0 Å². The highest BCUT2D eigenvalue weighted by atomic mass is 19.1. The van der Waals surface area contributed by atoms with Crippen LogP contribution in [0.2, 0.25) is 0 Å². The molecule has 1 heterocycles. The summed E-state index contributed by atoms with van der Waals surface area (Å²) in [5.74, 6) is -1.64. The Morgan fingerprint density at radius 1 is 0.839 bits per heavy atom. The number of nitrogens with one attached hydrogen (secondary N) is 2. The number of hydrogen-bond donors (Lipinski definition) is 2. The SMILES string of the molecule is Cc1cccc(NC(=O)c2cnn(-c3ccccc3)c2NC(=O)c2ccccc2F)c1. The zero-order chi connectivity index (χ0) is 21.8. The van der Waals surface area contributed by atoms with E-state index in [4.69, 9.17) is 0 Å². The minimum Gasteiger partial charge on any atom is -0.322 e. The van der Waals surface area contributed by atoms with Crippen LogP contribution in [0.3, 0.4) is 0 Å². The van der Waals surface area contributed by atoms with E-state index in [0.29, 0.717) is 11.4 Å². The maximum Gasteiger partial charge on any atom is 0.261 e. The van der Waals surface area contributed by atoms with Crippen molar-refractivity contribution in [3.63, 3.8) is 0 Å². The molecule has 3 aromatic carbocycles. The summed E-state index contributed by atoms with van der Waals surface area (Å²) in [6.45, 7) is 1.92. The van der Waals surface area contributed by atoms with Crippen molar-refractivity contribution in [1.82, 2.24) is 9.78 Å². The molecular weight excluding hydrogens is 395 g/mol. The highest BCUT2D eigenvalue weighted by Crippen LogP contribution is 2.23. The number of benzene rings is 3. The highest BCUT2D eigenvalue weighted by Gasteiger charge is 2.22. The number of amides is 2. The predicted molar refractivity (Wildman–Crippen MR) is 117 cm³/mol. The molecule has 0 unspecified atom stereocenters. The standard InChI is InChI=1S/C24H19FN4O2/c1-16-8-7-9-17(14-16)27-24(31)20-15-26-29(18-10-3-2-4-11-18)22(20)28-23(30)19-12-5-6-13-21(19)25/h2-15H,1H3,(H,27,31)(H,28,30). The van der Waals surface area contributed by atoms with Gasteiger partial charge in [0.1, 0.15) is 17.2 Å². The maximum absolute atomic E-state index is 14.1. The number of aromatic nitrogens is 2. The molecule has 0 aliphatic rings. The van der Waals surface area contributed by atoms with Crippen molar-refractivity contribution in [2.24, 2.45) is 0 Å². The quantitative estimate of drug-likeness (QED) is 0.491. The first-order chi connectivity index (χ1) is 15.0. The zero-order valence-corrected chi connectivity index (χ0v) is 16.7. The monoisotopic (exact) mass is 414 g/mol. The molecule has 0 bridgehead atoms. The summed E-state index contributed by atoms with van der Waals surface area (Å²) < 4.78 is 15.5. The van der Waals surface area contributed by atoms with Gasteiger partial charge < -0.3 is 10.6 Å². The molecule has 0 saturated carbocycles. The normalized spacial score (nSPS) is 10.5. The highest BCUT2D eigenvalue weighted by molar-refractivity contribution is 6.12. The molecule has 4 rings (SSSR count). The molecule has 1 aromatic heterocycles. The van der Waals surface area contributed by atoms with Crippen LogP contribution in [0.4, 0.5) is 15.9 Å². The van der Waals surface area contributed by atoms with E-state index in [1.54, 1.807) is 24.3 Å². The average Bonchev–Trinajstić information content (AvgIpc) is 3.18. The summed E-state index contributed by atoms with van der Waals surface area (Å²) in [4.78, 5) is 25.8. The van der Waals surface area contributed by atoms with Crippen LogP contribution in [-0.2, 0) is 0 Å². The second-order valence-electron chi connectivity index (χ2n) is 6.91. The van der Waals surface area contributed by atoms with Gasteiger partial charge in [-0.25, -0.2) is 9.07 Å². The molecule has 0 fully saturated rings. The number of halogens is 1. The molecule has 154 valence electrons. The first-order valence-electron chi connectivity index (χ1n) is 9.60. The van der Waals surface area contributed by atoms with E-state index >= 15 is 0 Å². The van der Waals surface area contributed by atoms with Crippen LogP contribution in [0.1, 0.15) is 26.3 Å². The topological polar surface area (TPSA) is 76.0 Å². The fourth-order valence-electron chi connectivity index (χ4n) is 3.14. The second kappa shape index (κ2) is 8.62. The van der Waals surface area contributed by atoms with Gasteiger partial charge in [-0.15, -0.1) is 0 Å². The Morgan fingerprint density at radius 2 is 1.55 bits per heavy atom. The Balaban J connectivity index is 1.72. The van der Waals surface area contributed by atoms with E-state index in [2.05, 4.69) is 15.7 Å². The van der Waals surface area contributed by atoms with Crippen molar-refractivity contribution >= 4 is 23.3 Å². The first-order valence-corrected chi connectivity index (χ1v) is 9.60. The van der Waals surface area contributed by atoms with Crippen LogP contribution in [0.25, 0.3) is 5.69 Å². The van der Waals surface area contributed by atoms with Gasteiger partial charge in [0.05, 0.1) is 17.4 Å². The van der Waals surface area contributed by atoms with Gasteiger partial charge in [-0.2, -0.15) is 5.10 Å². The van der Waals surface area contributed by atoms with Gasteiger partial charge in [-0.3, -0.25) is 9.59 Å². The van der Waals surface area contributed by atoms with Crippen molar-refractivity contribution in [2.75, 3.05) is 10.6 Å². The lowest BCUT2D eigenvalue weighted by molar-refractivity contribution is 0.102.